The van der Waals surface area contributed by atoms with Crippen molar-refractivity contribution < 1.29 is 9.59 Å². The molecule has 1 saturated carbocycles. The van der Waals surface area contributed by atoms with Crippen molar-refractivity contribution in [3.63, 3.8) is 0 Å². The molecule has 1 aromatic heterocycles. The zero-order chi connectivity index (χ0) is 15.1. The van der Waals surface area contributed by atoms with Gasteiger partial charge < -0.3 is 9.80 Å². The second-order valence-electron chi connectivity index (χ2n) is 5.72. The van der Waals surface area contributed by atoms with Crippen LogP contribution in [0.25, 0.3) is 0 Å². The third-order valence-electron chi connectivity index (χ3n) is 4.11. The number of thiophene rings is 1. The number of para-hydroxylation sites is 2. The summed E-state index contributed by atoms with van der Waals surface area (Å²) in [4.78, 5) is 29.7. The van der Waals surface area contributed by atoms with Crippen molar-refractivity contribution in [3.05, 3.63) is 46.7 Å². The predicted molar refractivity (Wildman–Crippen MR) is 87.3 cm³/mol. The molecule has 1 aromatic carbocycles. The molecule has 1 fully saturated rings. The maximum Gasteiger partial charge on any atom is 0.247 e. The standard InChI is InChI=1S/C17H16N2O2S/c20-16(10-13-4-3-9-22-13)18-11-17(21)19(12-7-8-12)15-6-2-1-5-14(15)18/h1-6,9,12H,7-8,10-11H2. The van der Waals surface area contributed by atoms with Crippen molar-refractivity contribution in [2.24, 2.45) is 0 Å². The normalized spacial score (nSPS) is 17.5. The second-order valence-corrected chi connectivity index (χ2v) is 6.75. The van der Waals surface area contributed by atoms with Crippen molar-refractivity contribution in [3.8, 4) is 0 Å². The zero-order valence-corrected chi connectivity index (χ0v) is 12.9. The molecule has 4 rings (SSSR count). The van der Waals surface area contributed by atoms with Crippen molar-refractivity contribution in [1.82, 2.24) is 0 Å². The van der Waals surface area contributed by atoms with Crippen molar-refractivity contribution in [1.29, 1.82) is 0 Å². The molecular weight excluding hydrogens is 296 g/mol. The van der Waals surface area contributed by atoms with E-state index in [4.69, 9.17) is 0 Å². The van der Waals surface area contributed by atoms with E-state index in [-0.39, 0.29) is 18.4 Å². The molecule has 2 amide bonds. The van der Waals surface area contributed by atoms with Gasteiger partial charge in [0.05, 0.1) is 17.8 Å². The summed E-state index contributed by atoms with van der Waals surface area (Å²) in [5.41, 5.74) is 1.73. The number of fused-ring (bicyclic) bond motifs is 1. The topological polar surface area (TPSA) is 40.6 Å². The smallest absolute Gasteiger partial charge is 0.247 e. The Labute approximate surface area is 133 Å². The Morgan fingerprint density at radius 1 is 1.14 bits per heavy atom. The first-order valence-electron chi connectivity index (χ1n) is 7.48. The van der Waals surface area contributed by atoms with Crippen LogP contribution in [-0.4, -0.2) is 24.4 Å². The lowest BCUT2D eigenvalue weighted by molar-refractivity contribution is -0.122. The van der Waals surface area contributed by atoms with E-state index in [9.17, 15) is 9.59 Å². The Balaban J connectivity index is 1.66. The molecule has 1 aliphatic heterocycles. The number of hydrogen-bond acceptors (Lipinski definition) is 3. The minimum Gasteiger partial charge on any atom is -0.306 e. The summed E-state index contributed by atoms with van der Waals surface area (Å²) in [6.45, 7) is 0.151. The van der Waals surface area contributed by atoms with Gasteiger partial charge in [-0.3, -0.25) is 9.59 Å². The molecule has 2 aliphatic rings. The maximum atomic E-state index is 12.6. The fourth-order valence-electron chi connectivity index (χ4n) is 2.94. The summed E-state index contributed by atoms with van der Waals surface area (Å²) in [6.07, 6.45) is 2.47. The molecule has 0 bridgehead atoms. The summed E-state index contributed by atoms with van der Waals surface area (Å²) in [5, 5.41) is 1.97. The minimum atomic E-state index is -0.0151. The van der Waals surface area contributed by atoms with E-state index < -0.39 is 0 Å². The Morgan fingerprint density at radius 3 is 2.59 bits per heavy atom. The molecule has 0 radical (unpaired) electrons. The molecule has 0 atom stereocenters. The van der Waals surface area contributed by atoms with Crippen LogP contribution in [-0.2, 0) is 16.0 Å². The molecule has 4 nitrogen and oxygen atoms in total. The first-order chi connectivity index (χ1) is 10.7. The van der Waals surface area contributed by atoms with Gasteiger partial charge in [0.25, 0.3) is 0 Å². The van der Waals surface area contributed by atoms with Crippen LogP contribution in [0.5, 0.6) is 0 Å². The molecule has 112 valence electrons. The zero-order valence-electron chi connectivity index (χ0n) is 12.1. The summed E-state index contributed by atoms with van der Waals surface area (Å²) in [7, 11) is 0. The Hall–Kier alpha value is -2.14. The van der Waals surface area contributed by atoms with Crippen molar-refractivity contribution >= 4 is 34.5 Å². The van der Waals surface area contributed by atoms with E-state index in [1.165, 1.54) is 0 Å². The van der Waals surface area contributed by atoms with Gasteiger partial charge in [0.15, 0.2) is 0 Å². The number of hydrogen-bond donors (Lipinski definition) is 0. The van der Waals surface area contributed by atoms with Gasteiger partial charge in [-0.15, -0.1) is 11.3 Å². The van der Waals surface area contributed by atoms with Crippen LogP contribution in [0.1, 0.15) is 17.7 Å². The molecule has 1 aliphatic carbocycles. The van der Waals surface area contributed by atoms with Gasteiger partial charge >= 0.3 is 0 Å². The van der Waals surface area contributed by atoms with Crippen LogP contribution >= 0.6 is 11.3 Å². The van der Waals surface area contributed by atoms with Crippen LogP contribution in [0.3, 0.4) is 0 Å². The number of amides is 2. The van der Waals surface area contributed by atoms with Crippen molar-refractivity contribution in [2.45, 2.75) is 25.3 Å². The summed E-state index contributed by atoms with van der Waals surface area (Å²) < 4.78 is 0. The lowest BCUT2D eigenvalue weighted by Crippen LogP contribution is -2.49. The Morgan fingerprint density at radius 2 is 1.91 bits per heavy atom. The van der Waals surface area contributed by atoms with Gasteiger partial charge in [-0.1, -0.05) is 18.2 Å². The van der Waals surface area contributed by atoms with E-state index >= 15 is 0 Å². The van der Waals surface area contributed by atoms with Gasteiger partial charge in [-0.05, 0) is 36.4 Å². The number of benzene rings is 1. The molecule has 0 N–H and O–H groups in total. The monoisotopic (exact) mass is 312 g/mol. The lowest BCUT2D eigenvalue weighted by Gasteiger charge is -2.36. The summed E-state index contributed by atoms with van der Waals surface area (Å²) >= 11 is 1.57. The van der Waals surface area contributed by atoms with Gasteiger partial charge in [-0.25, -0.2) is 0 Å². The molecule has 22 heavy (non-hydrogen) atoms. The fraction of sp³-hybridized carbons (Fsp3) is 0.294. The number of carbonyl (C=O) groups excluding carboxylic acids is 2. The number of rotatable bonds is 3. The SMILES string of the molecule is O=C(Cc1cccs1)N1CC(=O)N(C2CC2)c2ccccc21. The highest BCUT2D eigenvalue weighted by atomic mass is 32.1. The minimum absolute atomic E-state index is 0.0151. The second kappa shape index (κ2) is 5.25. The van der Waals surface area contributed by atoms with E-state index in [0.717, 1.165) is 29.1 Å². The predicted octanol–water partition coefficient (Wildman–Crippen LogP) is 2.83. The molecule has 5 heteroatoms. The maximum absolute atomic E-state index is 12.6. The van der Waals surface area contributed by atoms with Crippen LogP contribution < -0.4 is 9.80 Å². The van der Waals surface area contributed by atoms with Crippen molar-refractivity contribution in [2.75, 3.05) is 16.3 Å². The van der Waals surface area contributed by atoms with Crippen LogP contribution in [0.4, 0.5) is 11.4 Å². The Bertz CT molecular complexity index is 722. The molecule has 2 heterocycles. The first-order valence-corrected chi connectivity index (χ1v) is 8.36. The third-order valence-corrected chi connectivity index (χ3v) is 4.99. The fourth-order valence-corrected chi connectivity index (χ4v) is 3.64. The van der Waals surface area contributed by atoms with E-state index in [0.29, 0.717) is 12.5 Å². The van der Waals surface area contributed by atoms with E-state index in [1.54, 1.807) is 16.2 Å². The van der Waals surface area contributed by atoms with Crippen LogP contribution in [0.15, 0.2) is 41.8 Å². The summed E-state index contributed by atoms with van der Waals surface area (Å²) in [5.74, 6) is 0.0134. The quantitative estimate of drug-likeness (QED) is 0.874. The van der Waals surface area contributed by atoms with Gasteiger partial charge in [0, 0.05) is 10.9 Å². The highest BCUT2D eigenvalue weighted by Crippen LogP contribution is 2.40. The molecule has 0 saturated heterocycles. The number of nitrogens with zero attached hydrogens (tertiary/aromatic N) is 2. The van der Waals surface area contributed by atoms with Gasteiger partial charge in [-0.2, -0.15) is 0 Å². The van der Waals surface area contributed by atoms with Crippen LogP contribution in [0.2, 0.25) is 0 Å². The van der Waals surface area contributed by atoms with Gasteiger partial charge in [0.1, 0.15) is 6.54 Å². The number of carbonyl (C=O) groups is 2. The largest absolute Gasteiger partial charge is 0.306 e. The average molecular weight is 312 g/mol. The van der Waals surface area contributed by atoms with Crippen LogP contribution in [0, 0.1) is 0 Å². The third kappa shape index (κ3) is 2.31. The molecular formula is C17H16N2O2S. The highest BCUT2D eigenvalue weighted by molar-refractivity contribution is 7.10. The molecule has 2 aromatic rings. The highest BCUT2D eigenvalue weighted by Gasteiger charge is 2.40. The van der Waals surface area contributed by atoms with E-state index in [1.807, 2.05) is 46.7 Å². The average Bonchev–Trinajstić information content (AvgIpc) is 3.22. The summed E-state index contributed by atoms with van der Waals surface area (Å²) in [6, 6.07) is 11.9. The number of anilines is 2. The Kier molecular flexibility index (Phi) is 3.22. The van der Waals surface area contributed by atoms with Gasteiger partial charge in [0.2, 0.25) is 11.8 Å². The first kappa shape index (κ1) is 13.5. The molecule has 0 unspecified atom stereocenters. The lowest BCUT2D eigenvalue weighted by atomic mass is 10.1. The van der Waals surface area contributed by atoms with E-state index in [2.05, 4.69) is 0 Å². The molecule has 0 spiro atoms.